The quantitative estimate of drug-likeness (QED) is 0.631. The average molecular weight is 262 g/mol. The fraction of sp³-hybridized carbons (Fsp3) is 0.500. The van der Waals surface area contributed by atoms with E-state index in [-0.39, 0.29) is 12.4 Å². The largest absolute Gasteiger partial charge is 0.395 e. The Morgan fingerprint density at radius 3 is 2.95 bits per heavy atom. The lowest BCUT2D eigenvalue weighted by molar-refractivity contribution is 0.115. The van der Waals surface area contributed by atoms with Crippen LogP contribution in [-0.4, -0.2) is 18.3 Å². The van der Waals surface area contributed by atoms with Gasteiger partial charge in [0.2, 0.25) is 0 Å². The van der Waals surface area contributed by atoms with Crippen molar-refractivity contribution in [1.29, 1.82) is 0 Å². The van der Waals surface area contributed by atoms with Gasteiger partial charge in [0.25, 0.3) is 0 Å². The molecule has 1 fully saturated rings. The molecule has 102 valence electrons. The summed E-state index contributed by atoms with van der Waals surface area (Å²) in [6.07, 6.45) is 4.18. The van der Waals surface area contributed by atoms with Gasteiger partial charge in [0.05, 0.1) is 13.2 Å². The first-order valence-electron chi connectivity index (χ1n) is 6.75. The van der Waals surface area contributed by atoms with E-state index in [1.165, 1.54) is 25.0 Å². The zero-order chi connectivity index (χ0) is 13.5. The van der Waals surface area contributed by atoms with E-state index in [1.807, 2.05) is 0 Å². The van der Waals surface area contributed by atoms with Crippen LogP contribution in [0.3, 0.4) is 0 Å². The Hall–Kier alpha value is -1.37. The summed E-state index contributed by atoms with van der Waals surface area (Å²) in [5.41, 5.74) is 1.56. The van der Waals surface area contributed by atoms with Crippen molar-refractivity contribution in [2.45, 2.75) is 32.3 Å². The third kappa shape index (κ3) is 5.02. The summed E-state index contributed by atoms with van der Waals surface area (Å²) < 4.78 is 18.8. The van der Waals surface area contributed by atoms with Crippen molar-refractivity contribution in [2.24, 2.45) is 5.92 Å². The molecule has 0 amide bonds. The molecule has 1 saturated carbocycles. The topological polar surface area (TPSA) is 29.5 Å². The molecule has 2 rings (SSSR count). The van der Waals surface area contributed by atoms with Crippen molar-refractivity contribution in [3.05, 3.63) is 35.1 Å². The van der Waals surface area contributed by atoms with E-state index in [2.05, 4.69) is 11.8 Å². The monoisotopic (exact) mass is 262 g/mol. The van der Waals surface area contributed by atoms with Gasteiger partial charge in [-0.15, -0.1) is 0 Å². The van der Waals surface area contributed by atoms with Crippen LogP contribution < -0.4 is 0 Å². The summed E-state index contributed by atoms with van der Waals surface area (Å²) in [7, 11) is 0. The molecule has 0 radical (unpaired) electrons. The van der Waals surface area contributed by atoms with Gasteiger partial charge < -0.3 is 9.84 Å². The molecule has 1 aliphatic rings. The zero-order valence-corrected chi connectivity index (χ0v) is 11.0. The Morgan fingerprint density at radius 2 is 2.21 bits per heavy atom. The van der Waals surface area contributed by atoms with Crippen LogP contribution in [0.25, 0.3) is 0 Å². The molecule has 2 nitrogen and oxygen atoms in total. The Labute approximate surface area is 113 Å². The Balaban J connectivity index is 1.91. The van der Waals surface area contributed by atoms with E-state index >= 15 is 0 Å². The molecule has 3 heteroatoms. The number of hydrogen-bond donors (Lipinski definition) is 1. The number of aliphatic hydroxyl groups is 1. The SMILES string of the molecule is OCCC#Cc1cc(F)ccc1COCCC1CC1. The molecular formula is C16H19FO2. The maximum atomic E-state index is 13.2. The fourth-order valence-electron chi connectivity index (χ4n) is 1.84. The Morgan fingerprint density at radius 1 is 1.37 bits per heavy atom. The average Bonchev–Trinajstić information content (AvgIpc) is 3.21. The highest BCUT2D eigenvalue weighted by Gasteiger charge is 2.20. The maximum absolute atomic E-state index is 13.2. The van der Waals surface area contributed by atoms with Crippen molar-refractivity contribution in [3.63, 3.8) is 0 Å². The molecule has 0 spiro atoms. The van der Waals surface area contributed by atoms with Crippen LogP contribution in [0.15, 0.2) is 18.2 Å². The van der Waals surface area contributed by atoms with Crippen molar-refractivity contribution in [1.82, 2.24) is 0 Å². The molecule has 0 saturated heterocycles. The van der Waals surface area contributed by atoms with E-state index in [9.17, 15) is 4.39 Å². The highest BCUT2D eigenvalue weighted by atomic mass is 19.1. The van der Waals surface area contributed by atoms with Gasteiger partial charge in [0, 0.05) is 18.6 Å². The summed E-state index contributed by atoms with van der Waals surface area (Å²) in [5, 5.41) is 8.70. The summed E-state index contributed by atoms with van der Waals surface area (Å²) >= 11 is 0. The van der Waals surface area contributed by atoms with Crippen LogP contribution in [0.2, 0.25) is 0 Å². The minimum Gasteiger partial charge on any atom is -0.395 e. The number of halogens is 1. The van der Waals surface area contributed by atoms with Crippen molar-refractivity contribution >= 4 is 0 Å². The standard InChI is InChI=1S/C16H19FO2/c17-16-7-6-15(12-19-10-8-13-4-5-13)14(11-16)3-1-2-9-18/h6-7,11,13,18H,2,4-5,8-10,12H2. The highest BCUT2D eigenvalue weighted by Crippen LogP contribution is 2.32. The van der Waals surface area contributed by atoms with Gasteiger partial charge in [-0.3, -0.25) is 0 Å². The second-order valence-corrected chi connectivity index (χ2v) is 4.86. The van der Waals surface area contributed by atoms with Crippen LogP contribution in [0.1, 0.15) is 36.8 Å². The number of benzene rings is 1. The molecule has 0 unspecified atom stereocenters. The number of ether oxygens (including phenoxy) is 1. The second-order valence-electron chi connectivity index (χ2n) is 4.86. The van der Waals surface area contributed by atoms with Crippen molar-refractivity contribution in [3.8, 4) is 11.8 Å². The highest BCUT2D eigenvalue weighted by molar-refractivity contribution is 5.41. The van der Waals surface area contributed by atoms with E-state index in [1.54, 1.807) is 6.07 Å². The lowest BCUT2D eigenvalue weighted by Crippen LogP contribution is -1.99. The van der Waals surface area contributed by atoms with Crippen molar-refractivity contribution in [2.75, 3.05) is 13.2 Å². The van der Waals surface area contributed by atoms with Gasteiger partial charge in [-0.2, -0.15) is 0 Å². The fourth-order valence-corrected chi connectivity index (χ4v) is 1.84. The molecule has 1 aromatic carbocycles. The molecule has 0 bridgehead atoms. The van der Waals surface area contributed by atoms with Gasteiger partial charge in [-0.05, 0) is 30.0 Å². The van der Waals surface area contributed by atoms with Crippen LogP contribution >= 0.6 is 0 Å². The number of hydrogen-bond acceptors (Lipinski definition) is 2. The Bertz CT molecular complexity index is 469. The maximum Gasteiger partial charge on any atom is 0.124 e. The van der Waals surface area contributed by atoms with E-state index in [4.69, 9.17) is 9.84 Å². The molecule has 0 aliphatic heterocycles. The summed E-state index contributed by atoms with van der Waals surface area (Å²) in [6, 6.07) is 4.57. The smallest absolute Gasteiger partial charge is 0.124 e. The summed E-state index contributed by atoms with van der Waals surface area (Å²) in [6.45, 7) is 1.25. The molecular weight excluding hydrogens is 243 g/mol. The van der Waals surface area contributed by atoms with E-state index in [0.29, 0.717) is 18.6 Å². The predicted octanol–water partition coefficient (Wildman–Crippen LogP) is 2.88. The van der Waals surface area contributed by atoms with Gasteiger partial charge in [0.15, 0.2) is 0 Å². The minimum absolute atomic E-state index is 0.0234. The third-order valence-electron chi connectivity index (χ3n) is 3.16. The first kappa shape index (κ1) is 14.0. The first-order chi connectivity index (χ1) is 9.29. The second kappa shape index (κ2) is 7.28. The lowest BCUT2D eigenvalue weighted by Gasteiger charge is -2.06. The summed E-state index contributed by atoms with van der Waals surface area (Å²) in [4.78, 5) is 0. The number of rotatable bonds is 6. The lowest BCUT2D eigenvalue weighted by atomic mass is 10.1. The van der Waals surface area contributed by atoms with Crippen LogP contribution in [-0.2, 0) is 11.3 Å². The molecule has 0 heterocycles. The minimum atomic E-state index is -0.296. The molecule has 1 aromatic rings. The Kier molecular flexibility index (Phi) is 5.38. The van der Waals surface area contributed by atoms with Gasteiger partial charge in [-0.25, -0.2) is 4.39 Å². The first-order valence-corrected chi connectivity index (χ1v) is 6.75. The van der Waals surface area contributed by atoms with Crippen LogP contribution in [0.5, 0.6) is 0 Å². The van der Waals surface area contributed by atoms with Crippen LogP contribution in [0, 0.1) is 23.6 Å². The summed E-state index contributed by atoms with van der Waals surface area (Å²) in [5.74, 6) is 6.26. The van der Waals surface area contributed by atoms with Crippen LogP contribution in [0.4, 0.5) is 4.39 Å². The van der Waals surface area contributed by atoms with Gasteiger partial charge in [-0.1, -0.05) is 30.7 Å². The van der Waals surface area contributed by atoms with E-state index < -0.39 is 0 Å². The normalized spacial score (nSPS) is 14.0. The number of aliphatic hydroxyl groups excluding tert-OH is 1. The predicted molar refractivity (Wildman–Crippen MR) is 72.0 cm³/mol. The van der Waals surface area contributed by atoms with Crippen molar-refractivity contribution < 1.29 is 14.2 Å². The van der Waals surface area contributed by atoms with Gasteiger partial charge in [0.1, 0.15) is 5.82 Å². The molecule has 0 aromatic heterocycles. The zero-order valence-electron chi connectivity index (χ0n) is 11.0. The molecule has 19 heavy (non-hydrogen) atoms. The van der Waals surface area contributed by atoms with E-state index in [0.717, 1.165) is 24.5 Å². The van der Waals surface area contributed by atoms with Gasteiger partial charge >= 0.3 is 0 Å². The molecule has 1 N–H and O–H groups in total. The molecule has 0 atom stereocenters. The third-order valence-corrected chi connectivity index (χ3v) is 3.16. The molecule has 1 aliphatic carbocycles.